The summed E-state index contributed by atoms with van der Waals surface area (Å²) in [6.07, 6.45) is 1.01. The lowest BCUT2D eigenvalue weighted by molar-refractivity contribution is 0.0715. The first kappa shape index (κ1) is 15.6. The fourth-order valence-electron chi connectivity index (χ4n) is 3.17. The van der Waals surface area contributed by atoms with Crippen molar-refractivity contribution in [2.75, 3.05) is 19.7 Å². The Kier molecular flexibility index (Phi) is 4.69. The van der Waals surface area contributed by atoms with Crippen molar-refractivity contribution in [1.82, 2.24) is 9.80 Å². The summed E-state index contributed by atoms with van der Waals surface area (Å²) in [5.74, 6) is 0. The van der Waals surface area contributed by atoms with Gasteiger partial charge >= 0.3 is 12.2 Å². The monoisotopic (exact) mass is 318 g/mol. The Morgan fingerprint density at radius 2 is 1.96 bits per heavy atom. The van der Waals surface area contributed by atoms with Crippen molar-refractivity contribution in [2.45, 2.75) is 38.5 Å². The molecule has 0 bridgehead atoms. The Balaban J connectivity index is 1.47. The van der Waals surface area contributed by atoms with Gasteiger partial charge in [0.25, 0.3) is 0 Å². The highest BCUT2D eigenvalue weighted by Gasteiger charge is 2.37. The minimum atomic E-state index is -0.288. The van der Waals surface area contributed by atoms with Gasteiger partial charge in [-0.25, -0.2) is 9.59 Å². The Morgan fingerprint density at radius 1 is 1.26 bits per heavy atom. The van der Waals surface area contributed by atoms with Gasteiger partial charge in [0, 0.05) is 19.1 Å². The molecule has 0 radical (unpaired) electrons. The Hall–Kier alpha value is -2.24. The molecule has 1 atom stereocenters. The largest absolute Gasteiger partial charge is 0.447 e. The van der Waals surface area contributed by atoms with E-state index < -0.39 is 0 Å². The van der Waals surface area contributed by atoms with E-state index in [1.54, 1.807) is 4.90 Å². The maximum absolute atomic E-state index is 12.1. The molecule has 2 aliphatic heterocycles. The molecule has 2 heterocycles. The van der Waals surface area contributed by atoms with E-state index in [2.05, 4.69) is 0 Å². The van der Waals surface area contributed by atoms with Gasteiger partial charge in [-0.3, -0.25) is 4.90 Å². The third kappa shape index (κ3) is 3.57. The topological polar surface area (TPSA) is 59.1 Å². The van der Waals surface area contributed by atoms with Gasteiger partial charge in [-0.15, -0.1) is 0 Å². The van der Waals surface area contributed by atoms with E-state index in [0.29, 0.717) is 19.7 Å². The second kappa shape index (κ2) is 6.89. The maximum atomic E-state index is 12.1. The lowest BCUT2D eigenvalue weighted by atomic mass is 10.0. The molecular weight excluding hydrogens is 296 g/mol. The SMILES string of the molecule is C[C@@H]1COC(=O)N1C1CCN(C(=O)OCc2ccccc2)CC1. The normalized spacial score (nSPS) is 22.1. The van der Waals surface area contributed by atoms with E-state index in [4.69, 9.17) is 9.47 Å². The first-order chi connectivity index (χ1) is 11.1. The fraction of sp³-hybridized carbons (Fsp3) is 0.529. The van der Waals surface area contributed by atoms with Crippen molar-refractivity contribution >= 4 is 12.2 Å². The summed E-state index contributed by atoms with van der Waals surface area (Å²) < 4.78 is 10.4. The molecule has 0 saturated carbocycles. The number of likely N-dealkylation sites (tertiary alicyclic amines) is 1. The molecule has 2 fully saturated rings. The zero-order valence-corrected chi connectivity index (χ0v) is 13.3. The lowest BCUT2D eigenvalue weighted by Crippen LogP contribution is -2.49. The van der Waals surface area contributed by atoms with Crippen LogP contribution in [0.5, 0.6) is 0 Å². The van der Waals surface area contributed by atoms with Crippen LogP contribution in [-0.4, -0.2) is 53.8 Å². The molecule has 0 spiro atoms. The van der Waals surface area contributed by atoms with Crippen molar-refractivity contribution < 1.29 is 19.1 Å². The number of benzene rings is 1. The van der Waals surface area contributed by atoms with E-state index in [1.807, 2.05) is 42.2 Å². The van der Waals surface area contributed by atoms with Gasteiger partial charge in [0.05, 0.1) is 6.04 Å². The number of cyclic esters (lactones) is 1. The van der Waals surface area contributed by atoms with Crippen molar-refractivity contribution in [1.29, 1.82) is 0 Å². The average molecular weight is 318 g/mol. The first-order valence-corrected chi connectivity index (χ1v) is 8.06. The summed E-state index contributed by atoms with van der Waals surface area (Å²) in [5, 5.41) is 0. The number of carbonyl (C=O) groups is 2. The standard InChI is InChI=1S/C17H22N2O4/c1-13-11-22-17(21)19(13)15-7-9-18(10-8-15)16(20)23-12-14-5-3-2-4-6-14/h2-6,13,15H,7-12H2,1H3/t13-/m1/s1. The molecule has 0 N–H and O–H groups in total. The third-order valence-electron chi connectivity index (χ3n) is 4.45. The van der Waals surface area contributed by atoms with Crippen LogP contribution in [-0.2, 0) is 16.1 Å². The van der Waals surface area contributed by atoms with Crippen LogP contribution >= 0.6 is 0 Å². The fourth-order valence-corrected chi connectivity index (χ4v) is 3.17. The van der Waals surface area contributed by atoms with Crippen molar-refractivity contribution in [3.63, 3.8) is 0 Å². The Labute approximate surface area is 136 Å². The van der Waals surface area contributed by atoms with Crippen molar-refractivity contribution in [2.24, 2.45) is 0 Å². The van der Waals surface area contributed by atoms with Crippen LogP contribution in [0.2, 0.25) is 0 Å². The number of hydrogen-bond acceptors (Lipinski definition) is 4. The molecule has 1 aromatic carbocycles. The molecule has 23 heavy (non-hydrogen) atoms. The van der Waals surface area contributed by atoms with Crippen LogP contribution in [0, 0.1) is 0 Å². The Bertz CT molecular complexity index is 555. The third-order valence-corrected chi connectivity index (χ3v) is 4.45. The highest BCUT2D eigenvalue weighted by Crippen LogP contribution is 2.24. The van der Waals surface area contributed by atoms with Gasteiger partial charge in [0.2, 0.25) is 0 Å². The maximum Gasteiger partial charge on any atom is 0.410 e. The van der Waals surface area contributed by atoms with Crippen molar-refractivity contribution in [3.8, 4) is 0 Å². The van der Waals surface area contributed by atoms with Crippen LogP contribution in [0.1, 0.15) is 25.3 Å². The molecule has 1 aromatic rings. The van der Waals surface area contributed by atoms with Crippen LogP contribution in [0.4, 0.5) is 9.59 Å². The molecule has 3 rings (SSSR count). The van der Waals surface area contributed by atoms with E-state index in [1.165, 1.54) is 0 Å². The summed E-state index contributed by atoms with van der Waals surface area (Å²) in [5.41, 5.74) is 0.976. The number of piperidine rings is 1. The highest BCUT2D eigenvalue weighted by atomic mass is 16.6. The van der Waals surface area contributed by atoms with Gasteiger partial charge in [-0.2, -0.15) is 0 Å². The molecule has 6 nitrogen and oxygen atoms in total. The van der Waals surface area contributed by atoms with E-state index in [0.717, 1.165) is 18.4 Å². The minimum absolute atomic E-state index is 0.115. The van der Waals surface area contributed by atoms with Crippen molar-refractivity contribution in [3.05, 3.63) is 35.9 Å². The van der Waals surface area contributed by atoms with Crippen LogP contribution in [0.15, 0.2) is 30.3 Å². The molecule has 2 aliphatic rings. The zero-order chi connectivity index (χ0) is 16.2. The van der Waals surface area contributed by atoms with E-state index in [9.17, 15) is 9.59 Å². The molecule has 2 amide bonds. The minimum Gasteiger partial charge on any atom is -0.447 e. The van der Waals surface area contributed by atoms with Gasteiger partial charge in [0.1, 0.15) is 13.2 Å². The second-order valence-electron chi connectivity index (χ2n) is 6.09. The van der Waals surface area contributed by atoms with Gasteiger partial charge in [-0.05, 0) is 25.3 Å². The van der Waals surface area contributed by atoms with Crippen LogP contribution < -0.4 is 0 Å². The summed E-state index contributed by atoms with van der Waals surface area (Å²) in [6, 6.07) is 9.90. The predicted octanol–water partition coefficient (Wildman–Crippen LogP) is 2.63. The Morgan fingerprint density at radius 3 is 2.57 bits per heavy atom. The molecule has 0 aliphatic carbocycles. The van der Waals surface area contributed by atoms with E-state index in [-0.39, 0.29) is 30.9 Å². The summed E-state index contributed by atoms with van der Waals surface area (Å²) in [4.78, 5) is 27.4. The van der Waals surface area contributed by atoms with Gasteiger partial charge in [-0.1, -0.05) is 30.3 Å². The molecular formula is C17H22N2O4. The summed E-state index contributed by atoms with van der Waals surface area (Å²) >= 11 is 0. The quantitative estimate of drug-likeness (QED) is 0.859. The number of amides is 2. The molecule has 0 aromatic heterocycles. The number of rotatable bonds is 3. The van der Waals surface area contributed by atoms with Crippen LogP contribution in [0.3, 0.4) is 0 Å². The molecule has 2 saturated heterocycles. The average Bonchev–Trinajstić information content (AvgIpc) is 2.92. The zero-order valence-electron chi connectivity index (χ0n) is 13.3. The number of ether oxygens (including phenoxy) is 2. The summed E-state index contributed by atoms with van der Waals surface area (Å²) in [7, 11) is 0. The molecule has 124 valence electrons. The molecule has 0 unspecified atom stereocenters. The summed E-state index contributed by atoms with van der Waals surface area (Å²) in [6.45, 7) is 3.95. The lowest BCUT2D eigenvalue weighted by Gasteiger charge is -2.36. The van der Waals surface area contributed by atoms with Crippen LogP contribution in [0.25, 0.3) is 0 Å². The number of hydrogen-bond donors (Lipinski definition) is 0. The number of nitrogens with zero attached hydrogens (tertiary/aromatic N) is 2. The second-order valence-corrected chi connectivity index (χ2v) is 6.09. The van der Waals surface area contributed by atoms with Gasteiger partial charge in [0.15, 0.2) is 0 Å². The molecule has 6 heteroatoms. The number of carbonyl (C=O) groups excluding carboxylic acids is 2. The highest BCUT2D eigenvalue weighted by molar-refractivity contribution is 5.71. The first-order valence-electron chi connectivity index (χ1n) is 8.06. The smallest absolute Gasteiger partial charge is 0.410 e. The predicted molar refractivity (Wildman–Crippen MR) is 83.9 cm³/mol. The van der Waals surface area contributed by atoms with Gasteiger partial charge < -0.3 is 14.4 Å². The van der Waals surface area contributed by atoms with E-state index >= 15 is 0 Å².